The molecule has 0 unspecified atom stereocenters. The molecule has 0 aromatic heterocycles. The van der Waals surface area contributed by atoms with Gasteiger partial charge in [-0.2, -0.15) is 8.61 Å². The van der Waals surface area contributed by atoms with Crippen molar-refractivity contribution < 1.29 is 21.2 Å². The van der Waals surface area contributed by atoms with Gasteiger partial charge in [0.05, 0.1) is 10.6 Å². The first-order valence-corrected chi connectivity index (χ1v) is 10.6. The number of sulfonamides is 2. The molecule has 9 heteroatoms. The van der Waals surface area contributed by atoms with Crippen LogP contribution in [0.3, 0.4) is 0 Å². The van der Waals surface area contributed by atoms with E-state index in [9.17, 15) is 21.2 Å². The quantitative estimate of drug-likeness (QED) is 0.762. The van der Waals surface area contributed by atoms with E-state index in [-0.39, 0.29) is 36.8 Å². The topological polar surface area (TPSA) is 74.8 Å². The van der Waals surface area contributed by atoms with Crippen molar-refractivity contribution in [2.45, 2.75) is 24.7 Å². The molecule has 0 atom stereocenters. The standard InChI is InChI=1S/C14H21FN2O4S2/c1-2-3-11-22(18,19)16-7-9-17(10-8-16)23(20,21)14-6-4-5-13(15)12-14/h4-6,12H,2-3,7-11H2,1H3. The van der Waals surface area contributed by atoms with Crippen molar-refractivity contribution in [3.63, 3.8) is 0 Å². The molecule has 130 valence electrons. The van der Waals surface area contributed by atoms with Crippen LogP contribution in [0.25, 0.3) is 0 Å². The highest BCUT2D eigenvalue weighted by molar-refractivity contribution is 7.89. The Morgan fingerprint density at radius 2 is 1.65 bits per heavy atom. The highest BCUT2D eigenvalue weighted by atomic mass is 32.2. The van der Waals surface area contributed by atoms with Gasteiger partial charge >= 0.3 is 0 Å². The zero-order chi connectivity index (χ0) is 17.1. The van der Waals surface area contributed by atoms with Crippen LogP contribution in [-0.2, 0) is 20.0 Å². The molecular formula is C14H21FN2O4S2. The molecule has 2 rings (SSSR count). The lowest BCUT2D eigenvalue weighted by Gasteiger charge is -2.33. The van der Waals surface area contributed by atoms with E-state index in [2.05, 4.69) is 0 Å². The predicted octanol–water partition coefficient (Wildman–Crippen LogP) is 1.26. The highest BCUT2D eigenvalue weighted by Crippen LogP contribution is 2.19. The summed E-state index contributed by atoms with van der Waals surface area (Å²) in [7, 11) is -7.13. The number of unbranched alkanes of at least 4 members (excludes halogenated alkanes) is 1. The molecule has 0 radical (unpaired) electrons. The van der Waals surface area contributed by atoms with Gasteiger partial charge in [-0.05, 0) is 24.6 Å². The van der Waals surface area contributed by atoms with Crippen LogP contribution < -0.4 is 0 Å². The van der Waals surface area contributed by atoms with E-state index in [4.69, 9.17) is 0 Å². The summed E-state index contributed by atoms with van der Waals surface area (Å²) < 4.78 is 64.9. The molecule has 1 aromatic rings. The summed E-state index contributed by atoms with van der Waals surface area (Å²) in [6, 6.07) is 4.83. The van der Waals surface area contributed by atoms with Gasteiger partial charge in [0.25, 0.3) is 0 Å². The van der Waals surface area contributed by atoms with Gasteiger partial charge < -0.3 is 0 Å². The van der Waals surface area contributed by atoms with Gasteiger partial charge in [0.1, 0.15) is 5.82 Å². The molecule has 1 heterocycles. The molecule has 6 nitrogen and oxygen atoms in total. The first kappa shape index (κ1) is 18.3. The Kier molecular flexibility index (Phi) is 5.77. The van der Waals surface area contributed by atoms with Crippen LogP contribution in [-0.4, -0.2) is 57.4 Å². The summed E-state index contributed by atoms with van der Waals surface area (Å²) in [6.45, 7) is 2.31. The lowest BCUT2D eigenvalue weighted by molar-refractivity contribution is 0.272. The number of nitrogens with zero attached hydrogens (tertiary/aromatic N) is 2. The number of halogens is 1. The summed E-state index contributed by atoms with van der Waals surface area (Å²) in [4.78, 5) is -0.111. The van der Waals surface area contributed by atoms with E-state index in [1.807, 2.05) is 6.92 Å². The zero-order valence-corrected chi connectivity index (χ0v) is 14.6. The predicted molar refractivity (Wildman–Crippen MR) is 85.4 cm³/mol. The van der Waals surface area contributed by atoms with Crippen molar-refractivity contribution in [2.24, 2.45) is 0 Å². The maximum absolute atomic E-state index is 13.2. The van der Waals surface area contributed by atoms with E-state index < -0.39 is 25.9 Å². The van der Waals surface area contributed by atoms with Crippen molar-refractivity contribution in [1.82, 2.24) is 8.61 Å². The molecule has 23 heavy (non-hydrogen) atoms. The van der Waals surface area contributed by atoms with Gasteiger partial charge in [0, 0.05) is 26.2 Å². The minimum Gasteiger partial charge on any atom is -0.212 e. The van der Waals surface area contributed by atoms with E-state index in [0.29, 0.717) is 6.42 Å². The average molecular weight is 364 g/mol. The summed E-state index contributed by atoms with van der Waals surface area (Å²) in [5.74, 6) is -0.535. The molecule has 1 aromatic carbocycles. The van der Waals surface area contributed by atoms with Crippen LogP contribution >= 0.6 is 0 Å². The maximum Gasteiger partial charge on any atom is 0.243 e. The SMILES string of the molecule is CCCCS(=O)(=O)N1CCN(S(=O)(=O)c2cccc(F)c2)CC1. The Hall–Kier alpha value is -1.03. The maximum atomic E-state index is 13.2. The van der Waals surface area contributed by atoms with Gasteiger partial charge in [-0.25, -0.2) is 21.2 Å². The third-order valence-electron chi connectivity index (χ3n) is 3.78. The number of hydrogen-bond donors (Lipinski definition) is 0. The molecule has 0 amide bonds. The Balaban J connectivity index is 2.07. The number of benzene rings is 1. The number of rotatable bonds is 6. The third kappa shape index (κ3) is 4.28. The number of hydrogen-bond acceptors (Lipinski definition) is 4. The van der Waals surface area contributed by atoms with Crippen LogP contribution in [0.1, 0.15) is 19.8 Å². The molecule has 0 bridgehead atoms. The lowest BCUT2D eigenvalue weighted by atomic mass is 10.4. The van der Waals surface area contributed by atoms with E-state index in [1.165, 1.54) is 26.8 Å². The first-order chi connectivity index (χ1) is 10.8. The molecule has 1 saturated heterocycles. The Bertz CT molecular complexity index is 742. The summed E-state index contributed by atoms with van der Waals surface area (Å²) in [5.41, 5.74) is 0. The van der Waals surface area contributed by atoms with Crippen molar-refractivity contribution >= 4 is 20.0 Å². The third-order valence-corrected chi connectivity index (χ3v) is 7.63. The Labute approximate surface area is 137 Å². The van der Waals surface area contributed by atoms with Gasteiger partial charge in [0.2, 0.25) is 20.0 Å². The van der Waals surface area contributed by atoms with Gasteiger partial charge in [-0.1, -0.05) is 19.4 Å². The normalized spacial score (nSPS) is 18.2. The largest absolute Gasteiger partial charge is 0.243 e. The average Bonchev–Trinajstić information content (AvgIpc) is 2.53. The second-order valence-corrected chi connectivity index (χ2v) is 9.46. The fourth-order valence-electron chi connectivity index (χ4n) is 2.42. The van der Waals surface area contributed by atoms with Crippen molar-refractivity contribution in [3.8, 4) is 0 Å². The number of piperazine rings is 1. The van der Waals surface area contributed by atoms with Crippen LogP contribution in [0.2, 0.25) is 0 Å². The second-order valence-electron chi connectivity index (χ2n) is 5.43. The molecule has 1 aliphatic heterocycles. The van der Waals surface area contributed by atoms with Crippen LogP contribution in [0.15, 0.2) is 29.2 Å². The van der Waals surface area contributed by atoms with Gasteiger partial charge in [0.15, 0.2) is 0 Å². The van der Waals surface area contributed by atoms with Crippen molar-refractivity contribution in [2.75, 3.05) is 31.9 Å². The fraction of sp³-hybridized carbons (Fsp3) is 0.571. The summed E-state index contributed by atoms with van der Waals surface area (Å²) in [6.07, 6.45) is 1.37. The fourth-order valence-corrected chi connectivity index (χ4v) is 5.51. The van der Waals surface area contributed by atoms with Gasteiger partial charge in [-0.15, -0.1) is 0 Å². The summed E-state index contributed by atoms with van der Waals surface area (Å²) in [5, 5.41) is 0. The van der Waals surface area contributed by atoms with Crippen LogP contribution in [0, 0.1) is 5.82 Å². The minimum atomic E-state index is -3.80. The van der Waals surface area contributed by atoms with E-state index in [1.54, 1.807) is 0 Å². The zero-order valence-electron chi connectivity index (χ0n) is 13.0. The molecule has 1 aliphatic rings. The molecule has 0 N–H and O–H groups in total. The Morgan fingerprint density at radius 3 is 2.22 bits per heavy atom. The molecule has 1 fully saturated rings. The van der Waals surface area contributed by atoms with Gasteiger partial charge in [-0.3, -0.25) is 0 Å². The van der Waals surface area contributed by atoms with E-state index >= 15 is 0 Å². The molecule has 0 saturated carbocycles. The lowest BCUT2D eigenvalue weighted by Crippen LogP contribution is -2.50. The Morgan fingerprint density at radius 1 is 1.04 bits per heavy atom. The van der Waals surface area contributed by atoms with Crippen molar-refractivity contribution in [1.29, 1.82) is 0 Å². The van der Waals surface area contributed by atoms with Crippen LogP contribution in [0.4, 0.5) is 4.39 Å². The molecule has 0 spiro atoms. The summed E-state index contributed by atoms with van der Waals surface area (Å²) >= 11 is 0. The smallest absolute Gasteiger partial charge is 0.212 e. The minimum absolute atomic E-state index is 0.0736. The van der Waals surface area contributed by atoms with Crippen molar-refractivity contribution in [3.05, 3.63) is 30.1 Å². The highest BCUT2D eigenvalue weighted by Gasteiger charge is 2.32. The molecular weight excluding hydrogens is 343 g/mol. The van der Waals surface area contributed by atoms with Crippen LogP contribution in [0.5, 0.6) is 0 Å². The second kappa shape index (κ2) is 7.25. The monoisotopic (exact) mass is 364 g/mol. The first-order valence-electron chi connectivity index (χ1n) is 7.51. The molecule has 0 aliphatic carbocycles. The van der Waals surface area contributed by atoms with E-state index in [0.717, 1.165) is 12.5 Å².